The normalized spacial score (nSPS) is 14.0. The van der Waals surface area contributed by atoms with E-state index in [2.05, 4.69) is 9.38 Å². The summed E-state index contributed by atoms with van der Waals surface area (Å²) in [7, 11) is 0. The zero-order valence-electron chi connectivity index (χ0n) is 12.3. The molecule has 3 nitrogen and oxygen atoms in total. The predicted molar refractivity (Wildman–Crippen MR) is 86.9 cm³/mol. The minimum absolute atomic E-state index is 0.214. The molecule has 0 fully saturated rings. The fourth-order valence-corrected chi connectivity index (χ4v) is 2.42. The first-order valence-electron chi connectivity index (χ1n) is 6.41. The number of halogens is 2. The van der Waals surface area contributed by atoms with Crippen LogP contribution in [-0.4, -0.2) is 20.5 Å². The summed E-state index contributed by atoms with van der Waals surface area (Å²) in [6, 6.07) is 4.63. The Hall–Kier alpha value is -1.17. The molecule has 1 aromatic carbocycles. The van der Waals surface area contributed by atoms with Gasteiger partial charge in [0, 0.05) is 10.9 Å². The van der Waals surface area contributed by atoms with Gasteiger partial charge in [0.05, 0.1) is 11.7 Å². The third-order valence-corrected chi connectivity index (χ3v) is 4.57. The van der Waals surface area contributed by atoms with E-state index in [1.807, 2.05) is 27.7 Å². The van der Waals surface area contributed by atoms with Gasteiger partial charge in [0.25, 0.3) is 0 Å². The zero-order valence-corrected chi connectivity index (χ0v) is 13.8. The number of benzene rings is 1. The maximum atomic E-state index is 13.9. The van der Waals surface area contributed by atoms with E-state index >= 15 is 0 Å². The van der Waals surface area contributed by atoms with Gasteiger partial charge in [-0.25, -0.2) is 9.37 Å². The molecule has 6 heteroatoms. The summed E-state index contributed by atoms with van der Waals surface area (Å²) in [6.07, 6.45) is 1.39. The molecule has 0 aliphatic heterocycles. The van der Waals surface area contributed by atoms with Crippen molar-refractivity contribution in [3.8, 4) is 0 Å². The monoisotopic (exact) mass is 326 g/mol. The first-order chi connectivity index (χ1) is 9.70. The van der Waals surface area contributed by atoms with Gasteiger partial charge in [0.15, 0.2) is 0 Å². The van der Waals surface area contributed by atoms with E-state index in [-0.39, 0.29) is 11.0 Å². The van der Waals surface area contributed by atoms with Crippen LogP contribution in [0.4, 0.5) is 4.39 Å². The SMILES string of the molecule is Cc1ccc(F)c2cc(/C=N/[S@+]([O-])C(C)(C)C)c(Cl)nc12. The topological polar surface area (TPSA) is 48.3 Å². The van der Waals surface area contributed by atoms with E-state index < -0.39 is 16.1 Å². The summed E-state index contributed by atoms with van der Waals surface area (Å²) in [5, 5.41) is 0.591. The van der Waals surface area contributed by atoms with Crippen molar-refractivity contribution in [3.05, 3.63) is 40.3 Å². The fraction of sp³-hybridized carbons (Fsp3) is 0.333. The summed E-state index contributed by atoms with van der Waals surface area (Å²) in [5.74, 6) is -0.369. The lowest BCUT2D eigenvalue weighted by atomic mass is 10.1. The molecule has 2 aromatic rings. The molecule has 1 atom stereocenters. The number of hydrogen-bond acceptors (Lipinski definition) is 3. The van der Waals surface area contributed by atoms with Crippen molar-refractivity contribution < 1.29 is 8.94 Å². The Morgan fingerprint density at radius 2 is 2.05 bits per heavy atom. The lowest BCUT2D eigenvalue weighted by molar-refractivity contribution is 0.562. The first-order valence-corrected chi connectivity index (χ1v) is 7.90. The van der Waals surface area contributed by atoms with Crippen LogP contribution >= 0.6 is 11.6 Å². The average molecular weight is 327 g/mol. The van der Waals surface area contributed by atoms with Crippen molar-refractivity contribution in [2.24, 2.45) is 4.40 Å². The second kappa shape index (κ2) is 5.91. The van der Waals surface area contributed by atoms with Crippen LogP contribution < -0.4 is 0 Å². The Bertz CT molecular complexity index is 713. The molecule has 0 bridgehead atoms. The van der Waals surface area contributed by atoms with Crippen LogP contribution in [0.5, 0.6) is 0 Å². The number of aryl methyl sites for hydroxylation is 1. The van der Waals surface area contributed by atoms with Gasteiger partial charge in [-0.2, -0.15) is 0 Å². The van der Waals surface area contributed by atoms with Crippen molar-refractivity contribution in [1.29, 1.82) is 0 Å². The molecule has 0 unspecified atom stereocenters. The molecule has 0 aliphatic rings. The van der Waals surface area contributed by atoms with Crippen LogP contribution in [0, 0.1) is 12.7 Å². The summed E-state index contributed by atoms with van der Waals surface area (Å²) in [5.41, 5.74) is 1.82. The highest BCUT2D eigenvalue weighted by Gasteiger charge is 2.26. The largest absolute Gasteiger partial charge is 0.591 e. The number of hydrogen-bond donors (Lipinski definition) is 0. The fourth-order valence-electron chi connectivity index (χ4n) is 1.71. The smallest absolute Gasteiger partial charge is 0.144 e. The van der Waals surface area contributed by atoms with Crippen molar-refractivity contribution in [1.82, 2.24) is 4.98 Å². The highest BCUT2D eigenvalue weighted by molar-refractivity contribution is 7.91. The van der Waals surface area contributed by atoms with E-state index in [0.29, 0.717) is 16.5 Å². The van der Waals surface area contributed by atoms with E-state index in [1.165, 1.54) is 12.3 Å². The Morgan fingerprint density at radius 3 is 2.67 bits per heavy atom. The second-order valence-corrected chi connectivity index (χ2v) is 8.02. The molecular formula is C15H16ClFN2OS. The summed E-state index contributed by atoms with van der Waals surface area (Å²) in [4.78, 5) is 4.21. The third-order valence-electron chi connectivity index (χ3n) is 2.93. The number of fused-ring (bicyclic) bond motifs is 1. The zero-order chi connectivity index (χ0) is 15.8. The van der Waals surface area contributed by atoms with Gasteiger partial charge < -0.3 is 4.55 Å². The Kier molecular flexibility index (Phi) is 4.56. The van der Waals surface area contributed by atoms with Crippen LogP contribution in [0.25, 0.3) is 10.9 Å². The summed E-state index contributed by atoms with van der Waals surface area (Å²) >= 11 is 4.70. The van der Waals surface area contributed by atoms with Gasteiger partial charge in [-0.05, 0) is 45.4 Å². The number of pyridine rings is 1. The van der Waals surface area contributed by atoms with Gasteiger partial charge in [0.1, 0.15) is 27.1 Å². The van der Waals surface area contributed by atoms with Gasteiger partial charge in [-0.1, -0.05) is 22.1 Å². The Balaban J connectivity index is 2.49. The molecular weight excluding hydrogens is 311 g/mol. The highest BCUT2D eigenvalue weighted by atomic mass is 35.5. The number of nitrogens with zero attached hydrogens (tertiary/aromatic N) is 2. The van der Waals surface area contributed by atoms with Crippen LogP contribution in [0.2, 0.25) is 5.15 Å². The molecule has 0 spiro atoms. The average Bonchev–Trinajstić information content (AvgIpc) is 2.40. The molecule has 21 heavy (non-hydrogen) atoms. The van der Waals surface area contributed by atoms with E-state index in [4.69, 9.17) is 11.6 Å². The third kappa shape index (κ3) is 3.54. The van der Waals surface area contributed by atoms with E-state index in [1.54, 1.807) is 12.1 Å². The Labute approximate surface area is 131 Å². The molecule has 0 N–H and O–H groups in total. The van der Waals surface area contributed by atoms with E-state index in [9.17, 15) is 8.94 Å². The van der Waals surface area contributed by atoms with Crippen molar-refractivity contribution in [2.75, 3.05) is 0 Å². The quantitative estimate of drug-likeness (QED) is 0.471. The number of aromatic nitrogens is 1. The molecule has 1 aromatic heterocycles. The van der Waals surface area contributed by atoms with Crippen LogP contribution in [-0.2, 0) is 11.4 Å². The molecule has 0 amide bonds. The van der Waals surface area contributed by atoms with Gasteiger partial charge in [-0.3, -0.25) is 0 Å². The first kappa shape index (κ1) is 16.2. The molecule has 0 aliphatic carbocycles. The van der Waals surface area contributed by atoms with Crippen LogP contribution in [0.15, 0.2) is 22.6 Å². The van der Waals surface area contributed by atoms with Crippen molar-refractivity contribution in [2.45, 2.75) is 32.4 Å². The van der Waals surface area contributed by atoms with Gasteiger partial charge >= 0.3 is 0 Å². The second-order valence-electron chi connectivity index (χ2n) is 5.72. The summed E-state index contributed by atoms with van der Waals surface area (Å²) in [6.45, 7) is 7.31. The highest BCUT2D eigenvalue weighted by Crippen LogP contribution is 2.25. The maximum Gasteiger partial charge on any atom is 0.144 e. The van der Waals surface area contributed by atoms with Gasteiger partial charge in [0.2, 0.25) is 0 Å². The van der Waals surface area contributed by atoms with Crippen LogP contribution in [0.1, 0.15) is 31.9 Å². The standard InChI is InChI=1S/C15H16ClFN2OS/c1-9-5-6-12(17)11-7-10(14(16)19-13(9)11)8-18-21(20)15(2,3)4/h5-8H,1-4H3/b18-8+/t21-/m1/s1. The molecule has 0 radical (unpaired) electrons. The summed E-state index contributed by atoms with van der Waals surface area (Å²) < 4.78 is 29.3. The molecule has 2 rings (SSSR count). The minimum Gasteiger partial charge on any atom is -0.591 e. The molecule has 112 valence electrons. The van der Waals surface area contributed by atoms with Crippen LogP contribution in [0.3, 0.4) is 0 Å². The lowest BCUT2D eigenvalue weighted by Gasteiger charge is -2.17. The maximum absolute atomic E-state index is 13.9. The molecule has 0 saturated heterocycles. The van der Waals surface area contributed by atoms with Crippen molar-refractivity contribution >= 4 is 40.1 Å². The van der Waals surface area contributed by atoms with Gasteiger partial charge in [-0.15, -0.1) is 0 Å². The minimum atomic E-state index is -1.40. The molecule has 0 saturated carbocycles. The Morgan fingerprint density at radius 1 is 1.38 bits per heavy atom. The number of rotatable bonds is 2. The van der Waals surface area contributed by atoms with E-state index in [0.717, 1.165) is 5.56 Å². The van der Waals surface area contributed by atoms with Crippen molar-refractivity contribution in [3.63, 3.8) is 0 Å². The molecule has 1 heterocycles. The lowest BCUT2D eigenvalue weighted by Crippen LogP contribution is -2.25. The predicted octanol–water partition coefficient (Wildman–Crippen LogP) is 4.22.